The number of nitrogens with zero attached hydrogens (tertiary/aromatic N) is 2. The summed E-state index contributed by atoms with van der Waals surface area (Å²) in [4.78, 5) is 7.09. The van der Waals surface area contributed by atoms with Crippen molar-refractivity contribution >= 4 is 35.6 Å². The molecule has 0 radical (unpaired) electrons. The third-order valence-electron chi connectivity index (χ3n) is 4.74. The van der Waals surface area contributed by atoms with Gasteiger partial charge in [0.25, 0.3) is 0 Å². The minimum atomic E-state index is -0.161. The predicted molar refractivity (Wildman–Crippen MR) is 128 cm³/mol. The molecule has 0 aromatic heterocycles. The molecule has 0 bridgehead atoms. The molecule has 2 N–H and O–H groups in total. The summed E-state index contributed by atoms with van der Waals surface area (Å²) in [6.07, 6.45) is 0.613. The van der Waals surface area contributed by atoms with Gasteiger partial charge >= 0.3 is 0 Å². The number of rotatable bonds is 7. The number of hydrogen-bond donors (Lipinski definition) is 2. The Morgan fingerprint density at radius 2 is 1.72 bits per heavy atom. The van der Waals surface area contributed by atoms with Crippen molar-refractivity contribution in [3.05, 3.63) is 65.5 Å². The first kappa shape index (κ1) is 23.4. The van der Waals surface area contributed by atoms with Gasteiger partial charge in [0.15, 0.2) is 5.96 Å². The molecule has 0 saturated carbocycles. The normalized spacial score (nSPS) is 14.3. The van der Waals surface area contributed by atoms with Gasteiger partial charge in [0.2, 0.25) is 0 Å². The van der Waals surface area contributed by atoms with Gasteiger partial charge < -0.3 is 20.3 Å². The SMILES string of the molecule is CCNC(=NCc1ccccc1N1CCOCC1)NCCc1ccccc1F.I. The van der Waals surface area contributed by atoms with Gasteiger partial charge in [0.1, 0.15) is 5.82 Å². The summed E-state index contributed by atoms with van der Waals surface area (Å²) in [6, 6.07) is 15.3. The molecule has 3 rings (SSSR count). The van der Waals surface area contributed by atoms with Crippen molar-refractivity contribution in [3.63, 3.8) is 0 Å². The van der Waals surface area contributed by atoms with Gasteiger partial charge in [-0.3, -0.25) is 0 Å². The van der Waals surface area contributed by atoms with E-state index in [1.165, 1.54) is 17.3 Å². The number of benzene rings is 2. The molecule has 158 valence electrons. The summed E-state index contributed by atoms with van der Waals surface area (Å²) in [5, 5.41) is 6.57. The molecule has 1 aliphatic rings. The van der Waals surface area contributed by atoms with Crippen LogP contribution in [-0.2, 0) is 17.7 Å². The van der Waals surface area contributed by atoms with Gasteiger partial charge in [0, 0.05) is 31.9 Å². The number of aliphatic imine (C=N–C) groups is 1. The van der Waals surface area contributed by atoms with E-state index < -0.39 is 0 Å². The van der Waals surface area contributed by atoms with Crippen LogP contribution in [0.25, 0.3) is 0 Å². The summed E-state index contributed by atoms with van der Waals surface area (Å²) >= 11 is 0. The van der Waals surface area contributed by atoms with Crippen LogP contribution in [0.1, 0.15) is 18.1 Å². The quantitative estimate of drug-likeness (QED) is 0.339. The van der Waals surface area contributed by atoms with Crippen LogP contribution in [0, 0.1) is 5.82 Å². The van der Waals surface area contributed by atoms with Crippen molar-refractivity contribution in [1.29, 1.82) is 0 Å². The topological polar surface area (TPSA) is 48.9 Å². The second-order valence-electron chi connectivity index (χ2n) is 6.69. The molecule has 1 aliphatic heterocycles. The Labute approximate surface area is 189 Å². The number of morpholine rings is 1. The molecule has 1 saturated heterocycles. The molecule has 2 aromatic rings. The first-order valence-corrected chi connectivity index (χ1v) is 9.94. The molecule has 0 spiro atoms. The summed E-state index contributed by atoms with van der Waals surface area (Å²) in [5.74, 6) is 0.585. The lowest BCUT2D eigenvalue weighted by Crippen LogP contribution is -2.38. The van der Waals surface area contributed by atoms with E-state index in [-0.39, 0.29) is 29.8 Å². The Bertz CT molecular complexity index is 781. The Balaban J connectivity index is 0.00000300. The average Bonchev–Trinajstić information content (AvgIpc) is 2.74. The maximum atomic E-state index is 13.8. The third kappa shape index (κ3) is 7.15. The van der Waals surface area contributed by atoms with E-state index in [1.54, 1.807) is 6.07 Å². The van der Waals surface area contributed by atoms with Crippen LogP contribution < -0.4 is 15.5 Å². The van der Waals surface area contributed by atoms with Crippen LogP contribution in [0.5, 0.6) is 0 Å². The highest BCUT2D eigenvalue weighted by molar-refractivity contribution is 14.0. The summed E-state index contributed by atoms with van der Waals surface area (Å²) in [5.41, 5.74) is 3.12. The largest absolute Gasteiger partial charge is 0.378 e. The van der Waals surface area contributed by atoms with Crippen LogP contribution in [0.3, 0.4) is 0 Å². The molecule has 1 fully saturated rings. The molecule has 29 heavy (non-hydrogen) atoms. The van der Waals surface area contributed by atoms with E-state index in [2.05, 4.69) is 33.7 Å². The minimum absolute atomic E-state index is 0. The van der Waals surface area contributed by atoms with E-state index in [4.69, 9.17) is 9.73 Å². The Kier molecular flexibility index (Phi) is 10.2. The molecule has 0 unspecified atom stereocenters. The standard InChI is InChI=1S/C22H29FN4O.HI/c1-2-24-22(25-12-11-18-7-3-5-9-20(18)23)26-17-19-8-4-6-10-21(19)27-13-15-28-16-14-27;/h3-10H,2,11-17H2,1H3,(H2,24,25,26);1H. The fourth-order valence-electron chi connectivity index (χ4n) is 3.28. The van der Waals surface area contributed by atoms with Crippen molar-refractivity contribution in [2.45, 2.75) is 19.9 Å². The Morgan fingerprint density at radius 3 is 2.45 bits per heavy atom. The third-order valence-corrected chi connectivity index (χ3v) is 4.74. The Morgan fingerprint density at radius 1 is 1.03 bits per heavy atom. The second kappa shape index (κ2) is 12.6. The van der Waals surface area contributed by atoms with Gasteiger partial charge in [-0.05, 0) is 36.6 Å². The van der Waals surface area contributed by atoms with Crippen LogP contribution in [0.15, 0.2) is 53.5 Å². The zero-order valence-electron chi connectivity index (χ0n) is 16.9. The highest BCUT2D eigenvalue weighted by Gasteiger charge is 2.14. The molecule has 1 heterocycles. The van der Waals surface area contributed by atoms with Gasteiger partial charge in [-0.25, -0.2) is 9.38 Å². The fraction of sp³-hybridized carbons (Fsp3) is 0.409. The van der Waals surface area contributed by atoms with E-state index in [1.807, 2.05) is 25.1 Å². The first-order chi connectivity index (χ1) is 13.8. The monoisotopic (exact) mass is 512 g/mol. The highest BCUT2D eigenvalue weighted by Crippen LogP contribution is 2.22. The van der Waals surface area contributed by atoms with Crippen molar-refractivity contribution in [3.8, 4) is 0 Å². The minimum Gasteiger partial charge on any atom is -0.378 e. The van der Waals surface area contributed by atoms with Gasteiger partial charge in [0.05, 0.1) is 19.8 Å². The fourth-order valence-corrected chi connectivity index (χ4v) is 3.28. The number of ether oxygens (including phenoxy) is 1. The van der Waals surface area contributed by atoms with Crippen molar-refractivity contribution in [2.24, 2.45) is 4.99 Å². The number of nitrogens with one attached hydrogen (secondary N) is 2. The molecule has 2 aromatic carbocycles. The summed E-state index contributed by atoms with van der Waals surface area (Å²) < 4.78 is 19.2. The molecule has 0 amide bonds. The van der Waals surface area contributed by atoms with Gasteiger partial charge in [-0.2, -0.15) is 0 Å². The van der Waals surface area contributed by atoms with Crippen molar-refractivity contribution in [1.82, 2.24) is 10.6 Å². The lowest BCUT2D eigenvalue weighted by Gasteiger charge is -2.30. The van der Waals surface area contributed by atoms with E-state index in [0.29, 0.717) is 25.1 Å². The molecular weight excluding hydrogens is 482 g/mol. The average molecular weight is 512 g/mol. The van der Waals surface area contributed by atoms with E-state index in [0.717, 1.165) is 38.8 Å². The lowest BCUT2D eigenvalue weighted by atomic mass is 10.1. The Hall–Kier alpha value is -1.87. The van der Waals surface area contributed by atoms with E-state index >= 15 is 0 Å². The van der Waals surface area contributed by atoms with E-state index in [9.17, 15) is 4.39 Å². The molecule has 7 heteroatoms. The van der Waals surface area contributed by atoms with Crippen LogP contribution in [0.4, 0.5) is 10.1 Å². The lowest BCUT2D eigenvalue weighted by molar-refractivity contribution is 0.122. The first-order valence-electron chi connectivity index (χ1n) is 9.94. The smallest absolute Gasteiger partial charge is 0.191 e. The van der Waals surface area contributed by atoms with Crippen molar-refractivity contribution in [2.75, 3.05) is 44.3 Å². The molecule has 0 atom stereocenters. The number of halogens is 2. The number of anilines is 1. The molecule has 5 nitrogen and oxygen atoms in total. The molecular formula is C22H30FIN4O. The maximum absolute atomic E-state index is 13.8. The van der Waals surface area contributed by atoms with Crippen LogP contribution in [-0.4, -0.2) is 45.4 Å². The second-order valence-corrected chi connectivity index (χ2v) is 6.69. The predicted octanol–water partition coefficient (Wildman–Crippen LogP) is 3.58. The summed E-state index contributed by atoms with van der Waals surface area (Å²) in [6.45, 7) is 7.35. The highest BCUT2D eigenvalue weighted by atomic mass is 127. The summed E-state index contributed by atoms with van der Waals surface area (Å²) in [7, 11) is 0. The van der Waals surface area contributed by atoms with Crippen LogP contribution >= 0.6 is 24.0 Å². The zero-order chi connectivity index (χ0) is 19.6. The number of hydrogen-bond acceptors (Lipinski definition) is 3. The van der Waals surface area contributed by atoms with Crippen molar-refractivity contribution < 1.29 is 9.13 Å². The maximum Gasteiger partial charge on any atom is 0.191 e. The van der Waals surface area contributed by atoms with Gasteiger partial charge in [-0.1, -0.05) is 36.4 Å². The van der Waals surface area contributed by atoms with Gasteiger partial charge in [-0.15, -0.1) is 24.0 Å². The molecule has 0 aliphatic carbocycles. The van der Waals surface area contributed by atoms with Crippen LogP contribution in [0.2, 0.25) is 0 Å². The number of para-hydroxylation sites is 1. The zero-order valence-corrected chi connectivity index (χ0v) is 19.2. The number of guanidine groups is 1.